The lowest BCUT2D eigenvalue weighted by Crippen LogP contribution is -2.35. The molecule has 0 saturated heterocycles. The standard InChI is InChI=1S/C9H15F3O2/c1-4-14-8(2,3)7(13)5-6-9(10,11)12/h4-6H2,1-3H3. The van der Waals surface area contributed by atoms with E-state index in [1.165, 1.54) is 13.8 Å². The lowest BCUT2D eigenvalue weighted by atomic mass is 9.99. The average Bonchev–Trinajstić information content (AvgIpc) is 1.98. The van der Waals surface area contributed by atoms with Crippen molar-refractivity contribution >= 4 is 5.78 Å². The minimum absolute atomic E-state index is 0.310. The Bertz CT molecular complexity index is 197. The van der Waals surface area contributed by atoms with Crippen LogP contribution in [0.5, 0.6) is 0 Å². The van der Waals surface area contributed by atoms with Gasteiger partial charge in [-0.3, -0.25) is 4.79 Å². The predicted octanol–water partition coefficient (Wildman–Crippen LogP) is 2.71. The molecule has 5 heteroatoms. The summed E-state index contributed by atoms with van der Waals surface area (Å²) in [7, 11) is 0. The highest BCUT2D eigenvalue weighted by Crippen LogP contribution is 2.24. The van der Waals surface area contributed by atoms with E-state index in [1.807, 2.05) is 0 Å². The van der Waals surface area contributed by atoms with Crippen molar-refractivity contribution in [3.8, 4) is 0 Å². The van der Waals surface area contributed by atoms with Gasteiger partial charge < -0.3 is 4.74 Å². The predicted molar refractivity (Wildman–Crippen MR) is 46.0 cm³/mol. The zero-order valence-corrected chi connectivity index (χ0v) is 8.57. The molecule has 0 saturated carbocycles. The number of hydrogen-bond donors (Lipinski definition) is 0. The van der Waals surface area contributed by atoms with Crippen molar-refractivity contribution in [3.63, 3.8) is 0 Å². The second-order valence-electron chi connectivity index (χ2n) is 3.48. The van der Waals surface area contributed by atoms with Gasteiger partial charge in [0.05, 0.1) is 6.42 Å². The molecule has 2 nitrogen and oxygen atoms in total. The van der Waals surface area contributed by atoms with Crippen LogP contribution in [-0.2, 0) is 9.53 Å². The van der Waals surface area contributed by atoms with Crippen molar-refractivity contribution in [2.45, 2.75) is 45.4 Å². The summed E-state index contributed by atoms with van der Waals surface area (Å²) in [5, 5.41) is 0. The van der Waals surface area contributed by atoms with Gasteiger partial charge >= 0.3 is 6.18 Å². The molecule has 0 aliphatic heterocycles. The van der Waals surface area contributed by atoms with Crippen LogP contribution in [0.3, 0.4) is 0 Å². The van der Waals surface area contributed by atoms with E-state index in [-0.39, 0.29) is 0 Å². The third kappa shape index (κ3) is 5.21. The Balaban J connectivity index is 4.08. The second kappa shape index (κ2) is 4.77. The Morgan fingerprint density at radius 2 is 1.79 bits per heavy atom. The lowest BCUT2D eigenvalue weighted by molar-refractivity contribution is -0.153. The van der Waals surface area contributed by atoms with Gasteiger partial charge in [-0.05, 0) is 20.8 Å². The molecule has 0 aromatic rings. The van der Waals surface area contributed by atoms with Gasteiger partial charge in [0.1, 0.15) is 5.60 Å². The van der Waals surface area contributed by atoms with Crippen LogP contribution in [0.1, 0.15) is 33.6 Å². The largest absolute Gasteiger partial charge is 0.389 e. The third-order valence-electron chi connectivity index (χ3n) is 1.81. The average molecular weight is 212 g/mol. The number of carbonyl (C=O) groups is 1. The molecule has 84 valence electrons. The summed E-state index contributed by atoms with van der Waals surface area (Å²) < 4.78 is 40.4. The quantitative estimate of drug-likeness (QED) is 0.700. The molecule has 0 fully saturated rings. The van der Waals surface area contributed by atoms with Crippen LogP contribution in [0, 0.1) is 0 Å². The summed E-state index contributed by atoms with van der Waals surface area (Å²) >= 11 is 0. The first-order valence-corrected chi connectivity index (χ1v) is 4.43. The van der Waals surface area contributed by atoms with Gasteiger partial charge in [-0.1, -0.05) is 0 Å². The molecule has 0 spiro atoms. The van der Waals surface area contributed by atoms with Gasteiger partial charge in [-0.15, -0.1) is 0 Å². The molecule has 0 rings (SSSR count). The lowest BCUT2D eigenvalue weighted by Gasteiger charge is -2.23. The van der Waals surface area contributed by atoms with Crippen LogP contribution in [-0.4, -0.2) is 24.2 Å². The summed E-state index contributed by atoms with van der Waals surface area (Å²) in [6, 6.07) is 0. The summed E-state index contributed by atoms with van der Waals surface area (Å²) in [6.07, 6.45) is -5.88. The Morgan fingerprint density at radius 3 is 2.14 bits per heavy atom. The number of ether oxygens (including phenoxy) is 1. The van der Waals surface area contributed by atoms with Crippen molar-refractivity contribution in [3.05, 3.63) is 0 Å². The fourth-order valence-corrected chi connectivity index (χ4v) is 0.998. The van der Waals surface area contributed by atoms with Gasteiger partial charge in [-0.2, -0.15) is 13.2 Å². The highest BCUT2D eigenvalue weighted by Gasteiger charge is 2.33. The minimum atomic E-state index is -4.28. The molecule has 0 bridgehead atoms. The fraction of sp³-hybridized carbons (Fsp3) is 0.889. The number of rotatable bonds is 5. The number of ketones is 1. The van der Waals surface area contributed by atoms with Crippen LogP contribution in [0.25, 0.3) is 0 Å². The molecule has 0 radical (unpaired) electrons. The number of hydrogen-bond acceptors (Lipinski definition) is 2. The van der Waals surface area contributed by atoms with Gasteiger partial charge in [0, 0.05) is 13.0 Å². The zero-order valence-electron chi connectivity index (χ0n) is 8.57. The SMILES string of the molecule is CCOC(C)(C)C(=O)CCC(F)(F)F. The molecule has 0 aromatic heterocycles. The summed E-state index contributed by atoms with van der Waals surface area (Å²) in [5.74, 6) is -0.517. The molecule has 0 aromatic carbocycles. The molecule has 0 atom stereocenters. The summed E-state index contributed by atoms with van der Waals surface area (Å²) in [5.41, 5.74) is -1.11. The van der Waals surface area contributed by atoms with E-state index in [0.29, 0.717) is 6.61 Å². The number of Topliss-reactive ketones (excluding diaryl/α,β-unsaturated/α-hetero) is 1. The highest BCUT2D eigenvalue weighted by atomic mass is 19.4. The first-order valence-electron chi connectivity index (χ1n) is 4.43. The maximum absolute atomic E-state index is 11.8. The van der Waals surface area contributed by atoms with Crippen LogP contribution in [0.4, 0.5) is 13.2 Å². The van der Waals surface area contributed by atoms with E-state index in [1.54, 1.807) is 6.92 Å². The second-order valence-corrected chi connectivity index (χ2v) is 3.48. The van der Waals surface area contributed by atoms with Crippen LogP contribution in [0.2, 0.25) is 0 Å². The Labute approximate surface area is 81.4 Å². The summed E-state index contributed by atoms with van der Waals surface area (Å²) in [4.78, 5) is 11.3. The third-order valence-corrected chi connectivity index (χ3v) is 1.81. The molecule has 0 aliphatic carbocycles. The van der Waals surface area contributed by atoms with Crippen molar-refractivity contribution in [2.24, 2.45) is 0 Å². The molecule has 0 amide bonds. The van der Waals surface area contributed by atoms with Crippen molar-refractivity contribution < 1.29 is 22.7 Å². The van der Waals surface area contributed by atoms with Gasteiger partial charge in [0.2, 0.25) is 0 Å². The Kier molecular flexibility index (Phi) is 4.58. The molecule has 0 heterocycles. The molecule has 0 N–H and O–H groups in total. The molecular weight excluding hydrogens is 197 g/mol. The van der Waals surface area contributed by atoms with Crippen molar-refractivity contribution in [1.29, 1.82) is 0 Å². The first-order chi connectivity index (χ1) is 6.19. The number of halogens is 3. The van der Waals surface area contributed by atoms with Crippen LogP contribution < -0.4 is 0 Å². The Hall–Kier alpha value is -0.580. The van der Waals surface area contributed by atoms with Crippen LogP contribution >= 0.6 is 0 Å². The molecule has 14 heavy (non-hydrogen) atoms. The van der Waals surface area contributed by atoms with E-state index in [0.717, 1.165) is 0 Å². The topological polar surface area (TPSA) is 26.3 Å². The molecule has 0 aliphatic rings. The maximum Gasteiger partial charge on any atom is 0.389 e. The van der Waals surface area contributed by atoms with Crippen molar-refractivity contribution in [2.75, 3.05) is 6.61 Å². The first kappa shape index (κ1) is 13.4. The molecular formula is C9H15F3O2. The summed E-state index contributed by atoms with van der Waals surface area (Å²) in [6.45, 7) is 4.97. The highest BCUT2D eigenvalue weighted by molar-refractivity contribution is 5.86. The van der Waals surface area contributed by atoms with E-state index < -0.39 is 30.4 Å². The van der Waals surface area contributed by atoms with E-state index >= 15 is 0 Å². The van der Waals surface area contributed by atoms with E-state index in [4.69, 9.17) is 4.74 Å². The molecule has 0 unspecified atom stereocenters. The minimum Gasteiger partial charge on any atom is -0.368 e. The number of carbonyl (C=O) groups excluding carboxylic acids is 1. The number of alkyl halides is 3. The maximum atomic E-state index is 11.8. The monoisotopic (exact) mass is 212 g/mol. The van der Waals surface area contributed by atoms with E-state index in [2.05, 4.69) is 0 Å². The van der Waals surface area contributed by atoms with Crippen molar-refractivity contribution in [1.82, 2.24) is 0 Å². The zero-order chi connectivity index (χ0) is 11.4. The normalized spacial score (nSPS) is 13.0. The van der Waals surface area contributed by atoms with Gasteiger partial charge in [-0.25, -0.2) is 0 Å². The van der Waals surface area contributed by atoms with Gasteiger partial charge in [0.25, 0.3) is 0 Å². The van der Waals surface area contributed by atoms with Gasteiger partial charge in [0.15, 0.2) is 5.78 Å². The van der Waals surface area contributed by atoms with Crippen LogP contribution in [0.15, 0.2) is 0 Å². The smallest absolute Gasteiger partial charge is 0.368 e. The Morgan fingerprint density at radius 1 is 1.29 bits per heavy atom. The van der Waals surface area contributed by atoms with E-state index in [9.17, 15) is 18.0 Å². The fourth-order valence-electron chi connectivity index (χ4n) is 0.998.